The maximum Gasteiger partial charge on any atom is 0.573 e. The van der Waals surface area contributed by atoms with Crippen LogP contribution >= 0.6 is 0 Å². The monoisotopic (exact) mass is 404 g/mol. The van der Waals surface area contributed by atoms with E-state index in [9.17, 15) is 23.5 Å². The van der Waals surface area contributed by atoms with E-state index in [1.165, 1.54) is 0 Å². The van der Waals surface area contributed by atoms with Crippen LogP contribution in [0.1, 0.15) is 22.7 Å². The molecule has 1 unspecified atom stereocenters. The molecule has 148 valence electrons. The van der Waals surface area contributed by atoms with E-state index in [2.05, 4.69) is 25.3 Å². The molecule has 1 aromatic carbocycles. The van der Waals surface area contributed by atoms with Gasteiger partial charge in [-0.3, -0.25) is 5.32 Å². The fourth-order valence-electron chi connectivity index (χ4n) is 2.75. The molecule has 1 aliphatic heterocycles. The van der Waals surface area contributed by atoms with Crippen molar-refractivity contribution in [3.63, 3.8) is 0 Å². The molecule has 0 amide bonds. The van der Waals surface area contributed by atoms with Crippen molar-refractivity contribution < 1.29 is 23.0 Å². The van der Waals surface area contributed by atoms with Crippen LogP contribution in [0, 0.1) is 22.8 Å². The minimum atomic E-state index is -4.96. The molecule has 2 aromatic rings. The molecule has 29 heavy (non-hydrogen) atoms. The molecule has 0 bridgehead atoms. The van der Waals surface area contributed by atoms with Gasteiger partial charge in [-0.1, -0.05) is 0 Å². The lowest BCUT2D eigenvalue weighted by Gasteiger charge is -2.26. The minimum absolute atomic E-state index is 0.0123. The van der Waals surface area contributed by atoms with Crippen molar-refractivity contribution in [2.75, 3.05) is 16.8 Å². The predicted octanol–water partition coefficient (Wildman–Crippen LogP) is 1.66. The van der Waals surface area contributed by atoms with E-state index in [1.54, 1.807) is 12.3 Å². The summed E-state index contributed by atoms with van der Waals surface area (Å²) in [5.74, 6) is -1.35. The zero-order valence-electron chi connectivity index (χ0n) is 14.2. The number of aliphatic imine (C=N–C) groups is 1. The fourth-order valence-corrected chi connectivity index (χ4v) is 2.75. The van der Waals surface area contributed by atoms with Gasteiger partial charge in [0.15, 0.2) is 6.19 Å². The lowest BCUT2D eigenvalue weighted by atomic mass is 9.94. The first-order valence-corrected chi connectivity index (χ1v) is 7.72. The molecule has 0 aliphatic carbocycles. The van der Waals surface area contributed by atoms with Crippen molar-refractivity contribution in [3.8, 4) is 23.8 Å². The van der Waals surface area contributed by atoms with Crippen LogP contribution in [0.25, 0.3) is 0 Å². The SMILES string of the molecule is N#CNC1=NC(c2cc(OC(F)(F)F)ccc2O)c2c(nc(N)c(C#N)c2N)N1. The van der Waals surface area contributed by atoms with Crippen molar-refractivity contribution >= 4 is 23.3 Å². The van der Waals surface area contributed by atoms with E-state index >= 15 is 0 Å². The third-order valence-electron chi connectivity index (χ3n) is 3.88. The Morgan fingerprint density at radius 2 is 2.00 bits per heavy atom. The van der Waals surface area contributed by atoms with Gasteiger partial charge in [-0.15, -0.1) is 13.2 Å². The number of hydrogen-bond donors (Lipinski definition) is 5. The van der Waals surface area contributed by atoms with Gasteiger partial charge in [-0.2, -0.15) is 10.5 Å². The molecule has 7 N–H and O–H groups in total. The number of hydrogen-bond acceptors (Lipinski definition) is 10. The van der Waals surface area contributed by atoms with Gasteiger partial charge in [0.05, 0.1) is 5.69 Å². The Bertz CT molecular complexity index is 1100. The number of rotatable bonds is 2. The number of nitrogens with zero attached hydrogens (tertiary/aromatic N) is 4. The Hall–Kier alpha value is -4.39. The molecular weight excluding hydrogens is 393 g/mol. The number of halogens is 3. The summed E-state index contributed by atoms with van der Waals surface area (Å²) >= 11 is 0. The summed E-state index contributed by atoms with van der Waals surface area (Å²) in [6, 6.07) is 3.38. The number of fused-ring (bicyclic) bond motifs is 1. The van der Waals surface area contributed by atoms with E-state index in [-0.39, 0.29) is 40.0 Å². The van der Waals surface area contributed by atoms with Gasteiger partial charge < -0.3 is 26.6 Å². The molecule has 1 aliphatic rings. The zero-order chi connectivity index (χ0) is 21.3. The van der Waals surface area contributed by atoms with Crippen molar-refractivity contribution in [1.82, 2.24) is 10.3 Å². The highest BCUT2D eigenvalue weighted by atomic mass is 19.4. The first-order chi connectivity index (χ1) is 13.6. The van der Waals surface area contributed by atoms with Gasteiger partial charge in [-0.05, 0) is 18.2 Å². The van der Waals surface area contributed by atoms with Crippen LogP contribution in [0.5, 0.6) is 11.5 Å². The van der Waals surface area contributed by atoms with Gasteiger partial charge in [0.1, 0.15) is 40.8 Å². The van der Waals surface area contributed by atoms with Gasteiger partial charge >= 0.3 is 6.36 Å². The Labute approximate surface area is 160 Å². The van der Waals surface area contributed by atoms with E-state index in [1.807, 2.05) is 0 Å². The van der Waals surface area contributed by atoms with E-state index in [4.69, 9.17) is 16.7 Å². The number of benzene rings is 1. The van der Waals surface area contributed by atoms with Crippen LogP contribution in [0.15, 0.2) is 23.2 Å². The molecule has 0 fully saturated rings. The molecule has 0 saturated heterocycles. The van der Waals surface area contributed by atoms with Gasteiger partial charge in [0.25, 0.3) is 0 Å². The summed E-state index contributed by atoms with van der Waals surface area (Å²) in [5.41, 5.74) is 11.4. The van der Waals surface area contributed by atoms with Crippen molar-refractivity contribution in [1.29, 1.82) is 10.5 Å². The van der Waals surface area contributed by atoms with Crippen LogP contribution in [0.4, 0.5) is 30.5 Å². The molecule has 1 aromatic heterocycles. The standard InChI is InChI=1S/C16H11F3N8O2/c17-16(18,19)29-6-1-2-9(28)7(3-6)12-10-11(22)8(4-20)13(23)26-14(10)27-15(25-12)24-5-21/h1-3,12,28H,(H6,22,23,24,25,26,27). The van der Waals surface area contributed by atoms with Crippen LogP contribution in [-0.2, 0) is 0 Å². The van der Waals surface area contributed by atoms with Crippen molar-refractivity contribution in [2.24, 2.45) is 4.99 Å². The number of aromatic nitrogens is 1. The normalized spacial score (nSPS) is 15.2. The van der Waals surface area contributed by atoms with Crippen LogP contribution in [0.3, 0.4) is 0 Å². The molecule has 1 atom stereocenters. The number of pyridine rings is 1. The maximum absolute atomic E-state index is 12.6. The Balaban J connectivity index is 2.23. The molecular formula is C16H11F3N8O2. The van der Waals surface area contributed by atoms with Gasteiger partial charge in [0, 0.05) is 11.1 Å². The number of alkyl halides is 3. The lowest BCUT2D eigenvalue weighted by Crippen LogP contribution is -2.32. The fraction of sp³-hybridized carbons (Fsp3) is 0.125. The molecule has 0 radical (unpaired) electrons. The quantitative estimate of drug-likeness (QED) is 0.368. The topological polar surface area (TPSA) is 178 Å². The number of guanidine groups is 1. The zero-order valence-corrected chi connectivity index (χ0v) is 14.2. The van der Waals surface area contributed by atoms with E-state index in [0.29, 0.717) is 0 Å². The van der Waals surface area contributed by atoms with Gasteiger partial charge in [-0.25, -0.2) is 9.98 Å². The summed E-state index contributed by atoms with van der Waals surface area (Å²) < 4.78 is 41.6. The Kier molecular flexibility index (Phi) is 4.66. The average molecular weight is 404 g/mol. The first kappa shape index (κ1) is 19.4. The first-order valence-electron chi connectivity index (χ1n) is 7.72. The largest absolute Gasteiger partial charge is 0.573 e. The molecule has 13 heteroatoms. The second kappa shape index (κ2) is 6.97. The Morgan fingerprint density at radius 1 is 1.28 bits per heavy atom. The highest BCUT2D eigenvalue weighted by Gasteiger charge is 2.34. The minimum Gasteiger partial charge on any atom is -0.508 e. The maximum atomic E-state index is 12.6. The Morgan fingerprint density at radius 3 is 2.62 bits per heavy atom. The number of phenolic OH excluding ortho intramolecular Hbond substituents is 1. The second-order valence-corrected chi connectivity index (χ2v) is 5.67. The van der Waals surface area contributed by atoms with Crippen molar-refractivity contribution in [3.05, 3.63) is 34.9 Å². The molecule has 0 saturated carbocycles. The number of nitriles is 2. The predicted molar refractivity (Wildman–Crippen MR) is 94.2 cm³/mol. The summed E-state index contributed by atoms with van der Waals surface area (Å²) in [4.78, 5) is 8.16. The van der Waals surface area contributed by atoms with Crippen LogP contribution in [0.2, 0.25) is 0 Å². The molecule has 10 nitrogen and oxygen atoms in total. The number of phenols is 1. The summed E-state index contributed by atoms with van der Waals surface area (Å²) in [6.07, 6.45) is -3.33. The van der Waals surface area contributed by atoms with Crippen LogP contribution in [-0.4, -0.2) is 22.4 Å². The summed E-state index contributed by atoms with van der Waals surface area (Å²) in [6.45, 7) is 0. The molecule has 3 rings (SSSR count). The highest BCUT2D eigenvalue weighted by Crippen LogP contribution is 2.44. The van der Waals surface area contributed by atoms with E-state index in [0.717, 1.165) is 18.2 Å². The third-order valence-corrected chi connectivity index (χ3v) is 3.88. The number of aromatic hydroxyl groups is 1. The smallest absolute Gasteiger partial charge is 0.508 e. The lowest BCUT2D eigenvalue weighted by molar-refractivity contribution is -0.274. The molecule has 0 spiro atoms. The van der Waals surface area contributed by atoms with Crippen molar-refractivity contribution in [2.45, 2.75) is 12.4 Å². The summed E-state index contributed by atoms with van der Waals surface area (Å²) in [5, 5.41) is 33.2. The second-order valence-electron chi connectivity index (χ2n) is 5.67. The number of nitrogens with two attached hydrogens (primary N) is 2. The number of nitrogens with one attached hydrogen (secondary N) is 2. The van der Waals surface area contributed by atoms with Crippen LogP contribution < -0.4 is 26.8 Å². The third kappa shape index (κ3) is 3.70. The van der Waals surface area contributed by atoms with Gasteiger partial charge in [0.2, 0.25) is 5.96 Å². The number of anilines is 3. The highest BCUT2D eigenvalue weighted by molar-refractivity contribution is 5.98. The number of ether oxygens (including phenoxy) is 1. The number of nitrogen functional groups attached to an aromatic ring is 2. The summed E-state index contributed by atoms with van der Waals surface area (Å²) in [7, 11) is 0. The average Bonchev–Trinajstić information content (AvgIpc) is 2.62. The van der Waals surface area contributed by atoms with E-state index < -0.39 is 23.9 Å². The molecule has 2 heterocycles.